The van der Waals surface area contributed by atoms with Crippen molar-refractivity contribution in [2.24, 2.45) is 5.16 Å². The van der Waals surface area contributed by atoms with Gasteiger partial charge in [-0.25, -0.2) is 4.79 Å². The van der Waals surface area contributed by atoms with Gasteiger partial charge in [-0.15, -0.1) is 23.4 Å². The van der Waals surface area contributed by atoms with Gasteiger partial charge in [0, 0.05) is 12.9 Å². The van der Waals surface area contributed by atoms with Crippen molar-refractivity contribution in [2.45, 2.75) is 11.4 Å². The minimum atomic E-state index is -1.25. The van der Waals surface area contributed by atoms with E-state index >= 15 is 0 Å². The Balaban J connectivity index is 2.18. The number of nitrogens with one attached hydrogen (secondary N) is 1. The number of amides is 2. The van der Waals surface area contributed by atoms with Crippen molar-refractivity contribution in [3.05, 3.63) is 11.3 Å². The Morgan fingerprint density at radius 1 is 1.42 bits per heavy atom. The van der Waals surface area contributed by atoms with Crippen molar-refractivity contribution >= 4 is 52.6 Å². The molecule has 2 amide bonds. The number of alkyl halides is 1. The SMILES string of the molecule is COCC1=C(C(=O)O)N2C(=O)C(NC(=O)/C(=N\OC)C(=O)CCl)[C@H]2SC1. The molecule has 0 saturated carbocycles. The number of hydrogen-bond donors (Lipinski definition) is 2. The molecule has 142 valence electrons. The predicted octanol–water partition coefficient (Wildman–Crippen LogP) is -0.818. The second-order valence-corrected chi connectivity index (χ2v) is 6.60. The third-order valence-corrected chi connectivity index (χ3v) is 5.22. The summed E-state index contributed by atoms with van der Waals surface area (Å²) in [6.45, 7) is 0.0804. The number of halogens is 1. The average molecular weight is 406 g/mol. The highest BCUT2D eigenvalue weighted by Gasteiger charge is 2.54. The monoisotopic (exact) mass is 405 g/mol. The van der Waals surface area contributed by atoms with Crippen LogP contribution in [0.3, 0.4) is 0 Å². The Morgan fingerprint density at radius 2 is 2.12 bits per heavy atom. The molecular formula is C14H16ClN3O7S. The molecule has 2 rings (SSSR count). The molecule has 0 bridgehead atoms. The highest BCUT2D eigenvalue weighted by atomic mass is 35.5. The van der Waals surface area contributed by atoms with Crippen molar-refractivity contribution in [3.63, 3.8) is 0 Å². The molecule has 0 aromatic rings. The number of rotatable bonds is 8. The zero-order chi connectivity index (χ0) is 19.4. The molecule has 2 N–H and O–H groups in total. The maximum Gasteiger partial charge on any atom is 0.352 e. The first-order valence-corrected chi connectivity index (χ1v) is 8.85. The van der Waals surface area contributed by atoms with Crippen LogP contribution in [0.5, 0.6) is 0 Å². The summed E-state index contributed by atoms with van der Waals surface area (Å²) in [6.07, 6.45) is 0. The van der Waals surface area contributed by atoms with Crippen molar-refractivity contribution in [1.82, 2.24) is 10.2 Å². The summed E-state index contributed by atoms with van der Waals surface area (Å²) >= 11 is 6.70. The molecule has 1 fully saturated rings. The highest BCUT2D eigenvalue weighted by molar-refractivity contribution is 8.00. The number of oxime groups is 1. The highest BCUT2D eigenvalue weighted by Crippen LogP contribution is 2.40. The van der Waals surface area contributed by atoms with Gasteiger partial charge in [0.15, 0.2) is 0 Å². The number of aliphatic carboxylic acids is 1. The first-order valence-electron chi connectivity index (χ1n) is 7.27. The summed E-state index contributed by atoms with van der Waals surface area (Å²) in [5, 5.41) is 14.5. The van der Waals surface area contributed by atoms with Gasteiger partial charge in [0.25, 0.3) is 11.8 Å². The Labute approximate surface area is 157 Å². The largest absolute Gasteiger partial charge is 0.477 e. The molecule has 1 unspecified atom stereocenters. The lowest BCUT2D eigenvalue weighted by Crippen LogP contribution is -2.71. The van der Waals surface area contributed by atoms with Crippen LogP contribution in [-0.2, 0) is 28.8 Å². The minimum absolute atomic E-state index is 0.0804. The normalized spacial score (nSPS) is 22.5. The van der Waals surface area contributed by atoms with E-state index in [1.54, 1.807) is 0 Å². The van der Waals surface area contributed by atoms with E-state index in [0.717, 1.165) is 12.0 Å². The van der Waals surface area contributed by atoms with Gasteiger partial charge >= 0.3 is 5.97 Å². The summed E-state index contributed by atoms with van der Waals surface area (Å²) < 4.78 is 4.97. The smallest absolute Gasteiger partial charge is 0.352 e. The zero-order valence-corrected chi connectivity index (χ0v) is 15.4. The molecule has 2 aliphatic heterocycles. The lowest BCUT2D eigenvalue weighted by Gasteiger charge is -2.49. The third-order valence-electron chi connectivity index (χ3n) is 3.64. The van der Waals surface area contributed by atoms with Crippen molar-refractivity contribution in [2.75, 3.05) is 32.5 Å². The van der Waals surface area contributed by atoms with Crippen molar-refractivity contribution in [1.29, 1.82) is 0 Å². The number of Topliss-reactive ketones (excluding diaryl/α,β-unsaturated/α-hetero) is 1. The topological polar surface area (TPSA) is 135 Å². The molecule has 2 atom stereocenters. The molecule has 12 heteroatoms. The van der Waals surface area contributed by atoms with Gasteiger partial charge in [0.2, 0.25) is 11.5 Å². The molecule has 26 heavy (non-hydrogen) atoms. The number of methoxy groups -OCH3 is 1. The first-order chi connectivity index (χ1) is 12.4. The van der Waals surface area contributed by atoms with Crippen molar-refractivity contribution < 1.29 is 33.9 Å². The van der Waals surface area contributed by atoms with Crippen LogP contribution < -0.4 is 5.32 Å². The van der Waals surface area contributed by atoms with Crippen molar-refractivity contribution in [3.8, 4) is 0 Å². The Hall–Kier alpha value is -2.11. The van der Waals surface area contributed by atoms with E-state index in [2.05, 4.69) is 15.3 Å². The minimum Gasteiger partial charge on any atom is -0.477 e. The van der Waals surface area contributed by atoms with Gasteiger partial charge in [-0.3, -0.25) is 19.3 Å². The fourth-order valence-corrected chi connectivity index (χ4v) is 4.01. The zero-order valence-electron chi connectivity index (χ0n) is 13.9. The van der Waals surface area contributed by atoms with E-state index in [-0.39, 0.29) is 12.3 Å². The number of fused-ring (bicyclic) bond motifs is 1. The van der Waals surface area contributed by atoms with Gasteiger partial charge in [-0.1, -0.05) is 5.16 Å². The fourth-order valence-electron chi connectivity index (χ4n) is 2.55. The Morgan fingerprint density at radius 3 is 2.65 bits per heavy atom. The van der Waals surface area contributed by atoms with E-state index in [1.165, 1.54) is 18.9 Å². The summed E-state index contributed by atoms with van der Waals surface area (Å²) in [5.74, 6) is -3.68. The van der Waals surface area contributed by atoms with E-state index in [1.807, 2.05) is 0 Å². The van der Waals surface area contributed by atoms with Crippen LogP contribution >= 0.6 is 23.4 Å². The molecule has 0 spiro atoms. The molecule has 0 aromatic carbocycles. The second kappa shape index (κ2) is 8.52. The number of ketones is 1. The van der Waals surface area contributed by atoms with Gasteiger partial charge in [-0.05, 0) is 5.57 Å². The number of β-lactam (4-membered cyclic amide) rings is 1. The molecule has 0 radical (unpaired) electrons. The van der Waals surface area contributed by atoms with Crippen LogP contribution in [-0.4, -0.2) is 83.2 Å². The standard InChI is InChI=1S/C14H16ClN3O7S/c1-24-4-6-5-26-13-9(12(21)18(13)10(6)14(22)23)16-11(20)8(17-25-2)7(19)3-15/h9,13H,3-5H2,1-2H3,(H,16,20)(H,22,23)/b17-8-/t9?,13-/m1/s1. The van der Waals surface area contributed by atoms with Gasteiger partial charge in [0.1, 0.15) is 24.2 Å². The van der Waals surface area contributed by atoms with Crippen LogP contribution in [0, 0.1) is 0 Å². The Bertz CT molecular complexity index is 709. The van der Waals surface area contributed by atoms with E-state index in [4.69, 9.17) is 16.3 Å². The predicted molar refractivity (Wildman–Crippen MR) is 91.7 cm³/mol. The molecule has 0 aliphatic carbocycles. The first kappa shape index (κ1) is 20.2. The van der Waals surface area contributed by atoms with Crippen LogP contribution in [0.2, 0.25) is 0 Å². The van der Waals surface area contributed by atoms with E-state index in [0.29, 0.717) is 11.3 Å². The molecule has 10 nitrogen and oxygen atoms in total. The molecule has 2 aliphatic rings. The number of nitrogens with zero attached hydrogens (tertiary/aromatic N) is 2. The lowest BCUT2D eigenvalue weighted by molar-refractivity contribution is -0.150. The number of hydrogen-bond acceptors (Lipinski definition) is 8. The average Bonchev–Trinajstić information content (AvgIpc) is 2.62. The summed E-state index contributed by atoms with van der Waals surface area (Å²) in [5.41, 5.74) is -0.240. The maximum atomic E-state index is 12.4. The molecule has 2 heterocycles. The lowest BCUT2D eigenvalue weighted by atomic mass is 10.0. The van der Waals surface area contributed by atoms with Gasteiger partial charge in [0.05, 0.1) is 12.5 Å². The molecule has 1 saturated heterocycles. The number of carboxylic acids is 1. The van der Waals surface area contributed by atoms with Crippen LogP contribution in [0.15, 0.2) is 16.4 Å². The molecular weight excluding hydrogens is 390 g/mol. The summed E-state index contributed by atoms with van der Waals surface area (Å²) in [4.78, 5) is 53.3. The quantitative estimate of drug-likeness (QED) is 0.176. The maximum absolute atomic E-state index is 12.4. The van der Waals surface area contributed by atoms with E-state index < -0.39 is 46.6 Å². The number of carbonyl (C=O) groups excluding carboxylic acids is 3. The van der Waals surface area contributed by atoms with Crippen LogP contribution in [0.25, 0.3) is 0 Å². The summed E-state index contributed by atoms with van der Waals surface area (Å²) in [6, 6.07) is -0.990. The number of carbonyl (C=O) groups is 4. The van der Waals surface area contributed by atoms with Crippen LogP contribution in [0.1, 0.15) is 0 Å². The third kappa shape index (κ3) is 3.69. The number of carboxylic acid groups (broad SMARTS) is 1. The van der Waals surface area contributed by atoms with Gasteiger partial charge in [-0.2, -0.15) is 0 Å². The summed E-state index contributed by atoms with van der Waals surface area (Å²) in [7, 11) is 2.58. The Kier molecular flexibility index (Phi) is 6.62. The van der Waals surface area contributed by atoms with E-state index in [9.17, 15) is 24.3 Å². The van der Waals surface area contributed by atoms with Crippen LogP contribution in [0.4, 0.5) is 0 Å². The number of ether oxygens (including phenoxy) is 1. The number of thioether (sulfide) groups is 1. The molecule has 0 aromatic heterocycles. The fraction of sp³-hybridized carbons (Fsp3) is 0.500. The second-order valence-electron chi connectivity index (χ2n) is 5.23. The van der Waals surface area contributed by atoms with Gasteiger partial charge < -0.3 is 20.0 Å².